The fraction of sp³-hybridized carbons (Fsp3) is 0. The maximum absolute atomic E-state index is 5.07. The molecule has 8 rings (SSSR count). The smallest absolute Gasteiger partial charge is 0.146 e. The minimum atomic E-state index is 1.00. The Morgan fingerprint density at radius 1 is 0.405 bits per heavy atom. The zero-order chi connectivity index (χ0) is 24.3. The molecule has 2 nitrogen and oxygen atoms in total. The number of hydrogen-bond acceptors (Lipinski definition) is 1. The van der Waals surface area contributed by atoms with Crippen molar-refractivity contribution in [2.75, 3.05) is 0 Å². The number of imidazole rings is 1. The van der Waals surface area contributed by atoms with E-state index < -0.39 is 0 Å². The monoisotopic (exact) mass is 470 g/mol. The number of aromatic nitrogens is 2. The van der Waals surface area contributed by atoms with Gasteiger partial charge in [0.15, 0.2) is 0 Å². The zero-order valence-corrected chi connectivity index (χ0v) is 20.1. The lowest BCUT2D eigenvalue weighted by Crippen LogP contribution is -1.92. The van der Waals surface area contributed by atoms with E-state index in [1.165, 1.54) is 54.7 Å². The Morgan fingerprint density at radius 3 is 1.86 bits per heavy atom. The minimum absolute atomic E-state index is 1.00. The van der Waals surface area contributed by atoms with Crippen LogP contribution in [0, 0.1) is 0 Å². The number of para-hydroxylation sites is 3. The molecule has 0 N–H and O–H groups in total. The maximum atomic E-state index is 5.07. The number of fused-ring (bicyclic) bond motifs is 9. The highest BCUT2D eigenvalue weighted by atomic mass is 15.0. The van der Waals surface area contributed by atoms with Crippen LogP contribution < -0.4 is 0 Å². The van der Waals surface area contributed by atoms with Crippen molar-refractivity contribution in [3.8, 4) is 22.3 Å². The van der Waals surface area contributed by atoms with Crippen molar-refractivity contribution in [3.63, 3.8) is 0 Å². The van der Waals surface area contributed by atoms with Crippen molar-refractivity contribution >= 4 is 49.1 Å². The number of benzene rings is 6. The largest absolute Gasteiger partial charge is 0.292 e. The van der Waals surface area contributed by atoms with Gasteiger partial charge in [-0.15, -0.1) is 0 Å². The van der Waals surface area contributed by atoms with Crippen LogP contribution in [0.2, 0.25) is 0 Å². The number of pyridine rings is 1. The number of rotatable bonds is 2. The van der Waals surface area contributed by atoms with E-state index in [1.54, 1.807) is 0 Å². The second-order valence-electron chi connectivity index (χ2n) is 9.68. The Morgan fingerprint density at radius 2 is 1.03 bits per heavy atom. The Labute approximate surface area is 214 Å². The van der Waals surface area contributed by atoms with Crippen LogP contribution in [0.25, 0.3) is 71.4 Å². The summed E-state index contributed by atoms with van der Waals surface area (Å²) in [7, 11) is 0. The molecule has 0 saturated heterocycles. The van der Waals surface area contributed by atoms with Crippen molar-refractivity contribution < 1.29 is 0 Å². The Hall–Kier alpha value is -4.95. The molecule has 0 fully saturated rings. The van der Waals surface area contributed by atoms with E-state index in [2.05, 4.69) is 138 Å². The summed E-state index contributed by atoms with van der Waals surface area (Å²) in [6, 6.07) is 47.9. The van der Waals surface area contributed by atoms with E-state index in [9.17, 15) is 0 Å². The molecule has 2 aromatic heterocycles. The van der Waals surface area contributed by atoms with E-state index in [4.69, 9.17) is 4.98 Å². The van der Waals surface area contributed by atoms with E-state index in [1.807, 2.05) is 0 Å². The normalized spacial score (nSPS) is 11.8. The van der Waals surface area contributed by atoms with E-state index in [-0.39, 0.29) is 0 Å². The SMILES string of the molecule is c1ccc2cc(-c3ccc(-c4ccc5c6ccccc6n6c7ccccc7nc6c5c4)cc3)ccc2c1. The Kier molecular flexibility index (Phi) is 4.26. The maximum Gasteiger partial charge on any atom is 0.146 e. The van der Waals surface area contributed by atoms with Gasteiger partial charge in [-0.05, 0) is 68.7 Å². The van der Waals surface area contributed by atoms with Gasteiger partial charge < -0.3 is 0 Å². The molecule has 0 aliphatic rings. The summed E-state index contributed by atoms with van der Waals surface area (Å²) in [5, 5.41) is 6.18. The molecule has 0 spiro atoms. The molecule has 0 radical (unpaired) electrons. The van der Waals surface area contributed by atoms with Crippen molar-refractivity contribution in [1.29, 1.82) is 0 Å². The van der Waals surface area contributed by atoms with Gasteiger partial charge in [0, 0.05) is 10.8 Å². The van der Waals surface area contributed by atoms with E-state index >= 15 is 0 Å². The van der Waals surface area contributed by atoms with Crippen LogP contribution in [0.15, 0.2) is 133 Å². The van der Waals surface area contributed by atoms with E-state index in [0.717, 1.165) is 16.7 Å². The lowest BCUT2D eigenvalue weighted by molar-refractivity contribution is 1.31. The molecule has 0 aliphatic carbocycles. The van der Waals surface area contributed by atoms with Crippen LogP contribution in [0.4, 0.5) is 0 Å². The Balaban J connectivity index is 1.30. The molecule has 6 aromatic carbocycles. The molecule has 0 aliphatic heterocycles. The second-order valence-corrected chi connectivity index (χ2v) is 9.68. The highest BCUT2D eigenvalue weighted by Crippen LogP contribution is 2.35. The highest BCUT2D eigenvalue weighted by molar-refractivity contribution is 6.14. The first-order chi connectivity index (χ1) is 18.3. The van der Waals surface area contributed by atoms with Crippen LogP contribution in [-0.2, 0) is 0 Å². The molecular formula is C35H22N2. The van der Waals surface area contributed by atoms with Gasteiger partial charge in [0.05, 0.1) is 16.6 Å². The predicted molar refractivity (Wildman–Crippen MR) is 156 cm³/mol. The van der Waals surface area contributed by atoms with Crippen LogP contribution in [0.5, 0.6) is 0 Å². The molecule has 0 amide bonds. The topological polar surface area (TPSA) is 17.3 Å². The first-order valence-electron chi connectivity index (χ1n) is 12.6. The molecule has 0 saturated carbocycles. The first-order valence-corrected chi connectivity index (χ1v) is 12.6. The van der Waals surface area contributed by atoms with Crippen molar-refractivity contribution in [1.82, 2.24) is 9.38 Å². The average Bonchev–Trinajstić information content (AvgIpc) is 3.37. The molecule has 37 heavy (non-hydrogen) atoms. The Bertz CT molecular complexity index is 2130. The van der Waals surface area contributed by atoms with Gasteiger partial charge in [0.25, 0.3) is 0 Å². The van der Waals surface area contributed by atoms with Crippen molar-refractivity contribution in [2.45, 2.75) is 0 Å². The fourth-order valence-electron chi connectivity index (χ4n) is 5.71. The van der Waals surface area contributed by atoms with Gasteiger partial charge >= 0.3 is 0 Å². The summed E-state index contributed by atoms with van der Waals surface area (Å²) >= 11 is 0. The second kappa shape index (κ2) is 7.78. The summed E-state index contributed by atoms with van der Waals surface area (Å²) in [5.74, 6) is 0. The molecule has 0 atom stereocenters. The van der Waals surface area contributed by atoms with Crippen LogP contribution >= 0.6 is 0 Å². The molecular weight excluding hydrogens is 448 g/mol. The molecule has 172 valence electrons. The van der Waals surface area contributed by atoms with Crippen molar-refractivity contribution in [3.05, 3.63) is 133 Å². The highest BCUT2D eigenvalue weighted by Gasteiger charge is 2.14. The molecule has 0 bridgehead atoms. The zero-order valence-electron chi connectivity index (χ0n) is 20.1. The predicted octanol–water partition coefficient (Wildman–Crippen LogP) is 9.28. The third-order valence-corrected chi connectivity index (χ3v) is 7.56. The average molecular weight is 471 g/mol. The van der Waals surface area contributed by atoms with Gasteiger partial charge in [-0.2, -0.15) is 0 Å². The van der Waals surface area contributed by atoms with Gasteiger partial charge in [0.2, 0.25) is 0 Å². The lowest BCUT2D eigenvalue weighted by Gasteiger charge is -2.11. The minimum Gasteiger partial charge on any atom is -0.292 e. The molecule has 0 unspecified atom stereocenters. The van der Waals surface area contributed by atoms with Gasteiger partial charge in [0.1, 0.15) is 5.65 Å². The standard InChI is InChI=1S/C35H22N2/c1-2-8-26-21-27(18-17-23(26)7-1)24-13-15-25(16-14-24)28-19-20-29-30-9-3-5-11-33(30)37-34-12-6-4-10-32(34)36-35(37)31(29)22-28/h1-22H. The van der Waals surface area contributed by atoms with Crippen molar-refractivity contribution in [2.24, 2.45) is 0 Å². The third kappa shape index (κ3) is 3.09. The summed E-state index contributed by atoms with van der Waals surface area (Å²) < 4.78 is 2.31. The molecule has 2 heterocycles. The van der Waals surface area contributed by atoms with Gasteiger partial charge in [-0.1, -0.05) is 103 Å². The molecule has 2 heteroatoms. The number of hydrogen-bond donors (Lipinski definition) is 0. The third-order valence-electron chi connectivity index (χ3n) is 7.56. The van der Waals surface area contributed by atoms with Gasteiger partial charge in [-0.3, -0.25) is 4.40 Å². The number of nitrogens with zero attached hydrogens (tertiary/aromatic N) is 2. The first kappa shape index (κ1) is 20.3. The van der Waals surface area contributed by atoms with Crippen LogP contribution in [-0.4, -0.2) is 9.38 Å². The van der Waals surface area contributed by atoms with Crippen LogP contribution in [0.3, 0.4) is 0 Å². The summed E-state index contributed by atoms with van der Waals surface area (Å²) in [6.45, 7) is 0. The summed E-state index contributed by atoms with van der Waals surface area (Å²) in [5.41, 5.74) is 9.21. The van der Waals surface area contributed by atoms with E-state index in [0.29, 0.717) is 0 Å². The fourth-order valence-corrected chi connectivity index (χ4v) is 5.71. The quantitative estimate of drug-likeness (QED) is 0.230. The van der Waals surface area contributed by atoms with Gasteiger partial charge in [-0.25, -0.2) is 4.98 Å². The lowest BCUT2D eigenvalue weighted by atomic mass is 9.96. The molecule has 8 aromatic rings. The van der Waals surface area contributed by atoms with Crippen LogP contribution in [0.1, 0.15) is 0 Å². The summed E-state index contributed by atoms with van der Waals surface area (Å²) in [4.78, 5) is 5.07. The summed E-state index contributed by atoms with van der Waals surface area (Å²) in [6.07, 6.45) is 0.